The number of nitrogens with one attached hydrogen (secondary N) is 2. The maximum Gasteiger partial charge on any atom is 0.403 e. The van der Waals surface area contributed by atoms with Gasteiger partial charge in [0.05, 0.1) is 11.8 Å². The fraction of sp³-hybridized carbons (Fsp3) is 0.385. The van der Waals surface area contributed by atoms with Gasteiger partial charge >= 0.3 is 6.18 Å². The minimum absolute atomic E-state index is 0.00405. The Bertz CT molecular complexity index is 1720. The molecule has 0 saturated carbocycles. The first-order valence-corrected chi connectivity index (χ1v) is 15.4. The molecule has 1 fully saturated rings. The van der Waals surface area contributed by atoms with Gasteiger partial charge in [-0.3, -0.25) is 9.36 Å². The van der Waals surface area contributed by atoms with E-state index in [9.17, 15) is 26.4 Å². The van der Waals surface area contributed by atoms with Crippen LogP contribution in [0.5, 0.6) is 0 Å². The number of anilines is 3. The third-order valence-corrected chi connectivity index (χ3v) is 9.92. The molecule has 15 heteroatoms. The highest BCUT2D eigenvalue weighted by Gasteiger charge is 2.37. The SMILES string of the molecule is CCn1c(=O)c(-c2ncc(S(=O)(=O)CC(F)(F)F)s2)cc2cnc(Nc3ccc(NC4CCCN(C)C4)cc3)nc21. The molecule has 4 heterocycles. The molecule has 1 aliphatic rings. The lowest BCUT2D eigenvalue weighted by Crippen LogP contribution is -2.39. The van der Waals surface area contributed by atoms with Gasteiger partial charge < -0.3 is 15.5 Å². The lowest BCUT2D eigenvalue weighted by molar-refractivity contribution is -0.106. The van der Waals surface area contributed by atoms with Crippen molar-refractivity contribution in [2.75, 3.05) is 36.5 Å². The van der Waals surface area contributed by atoms with Gasteiger partial charge in [-0.15, -0.1) is 11.3 Å². The number of piperidine rings is 1. The molecule has 218 valence electrons. The van der Waals surface area contributed by atoms with Gasteiger partial charge in [-0.05, 0) is 63.7 Å². The molecule has 2 N–H and O–H groups in total. The zero-order valence-electron chi connectivity index (χ0n) is 22.3. The monoisotopic (exact) mass is 607 g/mol. The van der Waals surface area contributed by atoms with Gasteiger partial charge in [0.15, 0.2) is 15.6 Å². The number of likely N-dealkylation sites (N-methyl/N-ethyl adjacent to an activating group) is 1. The number of likely N-dealkylation sites (tertiary alicyclic amines) is 1. The predicted molar refractivity (Wildman–Crippen MR) is 153 cm³/mol. The number of aromatic nitrogens is 4. The highest BCUT2D eigenvalue weighted by Crippen LogP contribution is 2.31. The van der Waals surface area contributed by atoms with E-state index in [1.807, 2.05) is 24.3 Å². The van der Waals surface area contributed by atoms with Crippen LogP contribution in [0.1, 0.15) is 19.8 Å². The molecule has 0 radical (unpaired) electrons. The summed E-state index contributed by atoms with van der Waals surface area (Å²) in [5.74, 6) is -1.73. The number of aryl methyl sites for hydroxylation is 1. The van der Waals surface area contributed by atoms with E-state index in [0.29, 0.717) is 28.4 Å². The van der Waals surface area contributed by atoms with E-state index in [4.69, 9.17) is 0 Å². The summed E-state index contributed by atoms with van der Waals surface area (Å²) in [7, 11) is -2.52. The van der Waals surface area contributed by atoms with Gasteiger partial charge in [-0.2, -0.15) is 18.2 Å². The summed E-state index contributed by atoms with van der Waals surface area (Å²) in [6.45, 7) is 4.09. The van der Waals surface area contributed by atoms with Crippen molar-refractivity contribution >= 4 is 49.5 Å². The standard InChI is InChI=1S/C26H28F3N7O3S2/c1-3-36-22-16(11-20(24(36)37)23-30-13-21(40-23)41(38,39)15-26(27,28)29)12-31-25(34-22)33-18-8-6-17(7-9-18)32-19-5-4-10-35(2)14-19/h6-9,11-13,19,32H,3-5,10,14-15H2,1-2H3,(H,31,33,34). The Morgan fingerprint density at radius 2 is 1.85 bits per heavy atom. The molecule has 1 aromatic carbocycles. The molecule has 4 aromatic rings. The van der Waals surface area contributed by atoms with Crippen molar-refractivity contribution in [1.29, 1.82) is 0 Å². The quantitative estimate of drug-likeness (QED) is 0.298. The molecule has 5 rings (SSSR count). The van der Waals surface area contributed by atoms with E-state index < -0.39 is 31.5 Å². The molecule has 41 heavy (non-hydrogen) atoms. The van der Waals surface area contributed by atoms with Crippen LogP contribution in [0.2, 0.25) is 0 Å². The number of alkyl halides is 3. The Labute approximate surface area is 238 Å². The molecular formula is C26H28F3N7O3S2. The maximum absolute atomic E-state index is 13.3. The van der Waals surface area contributed by atoms with Crippen molar-refractivity contribution in [1.82, 2.24) is 24.4 Å². The first kappa shape index (κ1) is 29.0. The largest absolute Gasteiger partial charge is 0.403 e. The van der Waals surface area contributed by atoms with Crippen molar-refractivity contribution < 1.29 is 21.6 Å². The van der Waals surface area contributed by atoms with Crippen molar-refractivity contribution in [3.8, 4) is 10.6 Å². The molecule has 3 aromatic heterocycles. The van der Waals surface area contributed by atoms with Crippen LogP contribution in [-0.4, -0.2) is 70.9 Å². The van der Waals surface area contributed by atoms with Crippen LogP contribution in [0.3, 0.4) is 0 Å². The van der Waals surface area contributed by atoms with Gasteiger partial charge in [0.25, 0.3) is 5.56 Å². The molecule has 0 amide bonds. The van der Waals surface area contributed by atoms with E-state index in [1.165, 1.54) is 16.8 Å². The predicted octanol–water partition coefficient (Wildman–Crippen LogP) is 4.52. The minimum Gasteiger partial charge on any atom is -0.381 e. The Morgan fingerprint density at radius 3 is 2.54 bits per heavy atom. The van der Waals surface area contributed by atoms with E-state index in [-0.39, 0.29) is 23.1 Å². The minimum atomic E-state index is -4.89. The number of benzene rings is 1. The number of halogens is 3. The zero-order valence-corrected chi connectivity index (χ0v) is 23.9. The smallest absolute Gasteiger partial charge is 0.381 e. The summed E-state index contributed by atoms with van der Waals surface area (Å²) in [6, 6.07) is 9.63. The van der Waals surface area contributed by atoms with Gasteiger partial charge in [0.1, 0.15) is 14.9 Å². The van der Waals surface area contributed by atoms with E-state index in [0.717, 1.165) is 43.5 Å². The normalized spacial score (nSPS) is 16.7. The summed E-state index contributed by atoms with van der Waals surface area (Å²) in [5, 5.41) is 7.19. The molecule has 1 unspecified atom stereocenters. The average molecular weight is 608 g/mol. The number of hydrogen-bond donors (Lipinski definition) is 2. The van der Waals surface area contributed by atoms with Gasteiger partial charge in [0.2, 0.25) is 5.95 Å². The number of thiazole rings is 1. The molecular weight excluding hydrogens is 579 g/mol. The summed E-state index contributed by atoms with van der Waals surface area (Å²) < 4.78 is 63.3. The van der Waals surface area contributed by atoms with Crippen LogP contribution in [0.25, 0.3) is 21.6 Å². The second-order valence-electron chi connectivity index (χ2n) is 9.89. The Hall–Kier alpha value is -3.56. The highest BCUT2D eigenvalue weighted by atomic mass is 32.2. The summed E-state index contributed by atoms with van der Waals surface area (Å²) in [5.41, 5.74) is 1.67. The number of rotatable bonds is 8. The van der Waals surface area contributed by atoms with Crippen LogP contribution in [0, 0.1) is 0 Å². The lowest BCUT2D eigenvalue weighted by Gasteiger charge is -2.30. The molecule has 0 bridgehead atoms. The fourth-order valence-electron chi connectivity index (χ4n) is 4.78. The molecule has 1 saturated heterocycles. The third kappa shape index (κ3) is 6.68. The van der Waals surface area contributed by atoms with Gasteiger partial charge in [-0.1, -0.05) is 0 Å². The molecule has 0 spiro atoms. The lowest BCUT2D eigenvalue weighted by atomic mass is 10.1. The number of fused-ring (bicyclic) bond motifs is 1. The fourth-order valence-corrected chi connectivity index (χ4v) is 7.14. The summed E-state index contributed by atoms with van der Waals surface area (Å²) in [6.07, 6.45) is -0.249. The zero-order chi connectivity index (χ0) is 29.4. The van der Waals surface area contributed by atoms with Crippen molar-refractivity contribution in [3.63, 3.8) is 0 Å². The summed E-state index contributed by atoms with van der Waals surface area (Å²) in [4.78, 5) is 28.4. The van der Waals surface area contributed by atoms with E-state index >= 15 is 0 Å². The second-order valence-corrected chi connectivity index (χ2v) is 13.1. The maximum atomic E-state index is 13.3. The highest BCUT2D eigenvalue weighted by molar-refractivity contribution is 7.93. The molecule has 10 nitrogen and oxygen atoms in total. The average Bonchev–Trinajstić information content (AvgIpc) is 3.40. The van der Waals surface area contributed by atoms with E-state index in [2.05, 4.69) is 37.5 Å². The van der Waals surface area contributed by atoms with Crippen LogP contribution in [0.15, 0.2) is 51.7 Å². The Morgan fingerprint density at radius 1 is 1.12 bits per heavy atom. The van der Waals surface area contributed by atoms with Crippen molar-refractivity contribution in [3.05, 3.63) is 53.1 Å². The summed E-state index contributed by atoms with van der Waals surface area (Å²) >= 11 is 0.519. The number of hydrogen-bond acceptors (Lipinski definition) is 10. The Balaban J connectivity index is 1.38. The molecule has 1 atom stereocenters. The van der Waals surface area contributed by atoms with Crippen molar-refractivity contribution in [2.45, 2.75) is 42.7 Å². The van der Waals surface area contributed by atoms with Gasteiger partial charge in [-0.25, -0.2) is 18.4 Å². The van der Waals surface area contributed by atoms with E-state index in [1.54, 1.807) is 6.92 Å². The first-order valence-electron chi connectivity index (χ1n) is 12.9. The molecule has 0 aliphatic carbocycles. The van der Waals surface area contributed by atoms with Crippen molar-refractivity contribution in [2.24, 2.45) is 0 Å². The first-order chi connectivity index (χ1) is 19.4. The van der Waals surface area contributed by atoms with Crippen LogP contribution >= 0.6 is 11.3 Å². The second kappa shape index (κ2) is 11.4. The topological polar surface area (TPSA) is 122 Å². The van der Waals surface area contributed by atoms with Crippen LogP contribution < -0.4 is 16.2 Å². The van der Waals surface area contributed by atoms with Crippen LogP contribution in [-0.2, 0) is 16.4 Å². The molecule has 1 aliphatic heterocycles. The van der Waals surface area contributed by atoms with Crippen LogP contribution in [0.4, 0.5) is 30.5 Å². The number of pyridine rings is 1. The number of sulfone groups is 1. The van der Waals surface area contributed by atoms with Gasteiger partial charge in [0, 0.05) is 42.1 Å². The number of nitrogens with zero attached hydrogens (tertiary/aromatic N) is 5. The Kier molecular flexibility index (Phi) is 8.03. The third-order valence-electron chi connectivity index (χ3n) is 6.65.